The molecule has 0 spiro atoms. The van der Waals surface area contributed by atoms with Gasteiger partial charge in [-0.3, -0.25) is 5.32 Å². The number of aryl methyl sites for hydroxylation is 1. The Balaban J connectivity index is 1.85. The summed E-state index contributed by atoms with van der Waals surface area (Å²) in [4.78, 5) is 11.7. The maximum absolute atomic E-state index is 11.7. The van der Waals surface area contributed by atoms with Crippen molar-refractivity contribution in [2.45, 2.75) is 46.3 Å². The summed E-state index contributed by atoms with van der Waals surface area (Å²) in [5, 5.41) is 5.98. The van der Waals surface area contributed by atoms with Gasteiger partial charge in [-0.1, -0.05) is 6.92 Å². The molecule has 0 saturated carbocycles. The van der Waals surface area contributed by atoms with Crippen LogP contribution >= 0.6 is 0 Å². The van der Waals surface area contributed by atoms with Crippen molar-refractivity contribution >= 4 is 17.5 Å². The highest BCUT2D eigenvalue weighted by molar-refractivity contribution is 5.85. The van der Waals surface area contributed by atoms with Crippen LogP contribution < -0.4 is 10.6 Å². The second-order valence-electron chi connectivity index (χ2n) is 6.28. The highest BCUT2D eigenvalue weighted by atomic mass is 16.6. The van der Waals surface area contributed by atoms with Crippen molar-refractivity contribution in [3.63, 3.8) is 0 Å². The maximum Gasteiger partial charge on any atom is 0.412 e. The van der Waals surface area contributed by atoms with Crippen molar-refractivity contribution in [1.29, 1.82) is 0 Å². The lowest BCUT2D eigenvalue weighted by Crippen LogP contribution is -2.27. The summed E-state index contributed by atoms with van der Waals surface area (Å²) in [5.74, 6) is 1.89. The lowest BCUT2D eigenvalue weighted by Gasteiger charge is -2.19. The molecular weight excluding hydrogens is 292 g/mol. The quantitative estimate of drug-likeness (QED) is 0.831. The molecule has 1 aromatic heterocycles. The zero-order valence-corrected chi connectivity index (χ0v) is 14.1. The number of anilines is 2. The predicted molar refractivity (Wildman–Crippen MR) is 91.7 cm³/mol. The molecular formula is C18H24N2O3. The Morgan fingerprint density at radius 3 is 2.22 bits per heavy atom. The summed E-state index contributed by atoms with van der Waals surface area (Å²) in [7, 11) is 0. The molecule has 5 heteroatoms. The van der Waals surface area contributed by atoms with E-state index in [1.165, 1.54) is 0 Å². The van der Waals surface area contributed by atoms with Gasteiger partial charge in [0.05, 0.1) is 6.54 Å². The van der Waals surface area contributed by atoms with Crippen LogP contribution in [-0.4, -0.2) is 11.7 Å². The molecule has 1 amide bonds. The van der Waals surface area contributed by atoms with Crippen molar-refractivity contribution in [2.75, 3.05) is 10.6 Å². The minimum atomic E-state index is -0.508. The number of ether oxygens (including phenoxy) is 1. The molecule has 0 saturated heterocycles. The lowest BCUT2D eigenvalue weighted by molar-refractivity contribution is 0.0636. The van der Waals surface area contributed by atoms with E-state index in [1.807, 2.05) is 57.2 Å². The van der Waals surface area contributed by atoms with Crippen LogP contribution in [0.15, 0.2) is 40.8 Å². The first kappa shape index (κ1) is 16.9. The standard InChI is InChI=1S/C18H24N2O3/c1-5-15-10-11-16(22-15)12-19-13-6-8-14(9-7-13)20-17(21)23-18(2,3)4/h6-11,19H,5,12H2,1-4H3,(H,20,21). The van der Waals surface area contributed by atoms with Gasteiger partial charge in [-0.05, 0) is 57.2 Å². The summed E-state index contributed by atoms with van der Waals surface area (Å²) in [6.07, 6.45) is 0.436. The highest BCUT2D eigenvalue weighted by Gasteiger charge is 2.16. The van der Waals surface area contributed by atoms with Crippen LogP contribution in [0.1, 0.15) is 39.2 Å². The third kappa shape index (κ3) is 5.70. The third-order valence-corrected chi connectivity index (χ3v) is 3.06. The summed E-state index contributed by atoms with van der Waals surface area (Å²) in [6.45, 7) is 8.18. The second-order valence-corrected chi connectivity index (χ2v) is 6.28. The van der Waals surface area contributed by atoms with Gasteiger partial charge in [0, 0.05) is 17.8 Å². The zero-order chi connectivity index (χ0) is 16.9. The topological polar surface area (TPSA) is 63.5 Å². The van der Waals surface area contributed by atoms with Gasteiger partial charge in [-0.2, -0.15) is 0 Å². The number of amides is 1. The molecule has 0 aliphatic carbocycles. The summed E-state index contributed by atoms with van der Waals surface area (Å²) in [6, 6.07) is 11.4. The number of furan rings is 1. The molecule has 1 aromatic carbocycles. The van der Waals surface area contributed by atoms with Crippen LogP contribution in [0.25, 0.3) is 0 Å². The fourth-order valence-electron chi connectivity index (χ4n) is 1.99. The lowest BCUT2D eigenvalue weighted by atomic mass is 10.2. The van der Waals surface area contributed by atoms with E-state index in [9.17, 15) is 4.79 Å². The average molecular weight is 316 g/mol. The van der Waals surface area contributed by atoms with Crippen LogP contribution in [0.4, 0.5) is 16.2 Å². The van der Waals surface area contributed by atoms with Crippen LogP contribution in [0.3, 0.4) is 0 Å². The minimum Gasteiger partial charge on any atom is -0.464 e. The van der Waals surface area contributed by atoms with E-state index in [0.29, 0.717) is 12.2 Å². The van der Waals surface area contributed by atoms with Crippen LogP contribution in [0.2, 0.25) is 0 Å². The SMILES string of the molecule is CCc1ccc(CNc2ccc(NC(=O)OC(C)(C)C)cc2)o1. The van der Waals surface area contributed by atoms with Crippen LogP contribution in [0, 0.1) is 0 Å². The van der Waals surface area contributed by atoms with Gasteiger partial charge >= 0.3 is 6.09 Å². The van der Waals surface area contributed by atoms with Gasteiger partial charge < -0.3 is 14.5 Å². The van der Waals surface area contributed by atoms with Gasteiger partial charge in [-0.25, -0.2) is 4.79 Å². The zero-order valence-electron chi connectivity index (χ0n) is 14.1. The van der Waals surface area contributed by atoms with Gasteiger partial charge in [0.25, 0.3) is 0 Å². The first-order chi connectivity index (χ1) is 10.9. The van der Waals surface area contributed by atoms with E-state index in [-0.39, 0.29) is 0 Å². The third-order valence-electron chi connectivity index (χ3n) is 3.06. The summed E-state index contributed by atoms with van der Waals surface area (Å²) < 4.78 is 10.9. The predicted octanol–water partition coefficient (Wildman–Crippen LogP) is 4.80. The van der Waals surface area contributed by atoms with Crippen molar-refractivity contribution in [1.82, 2.24) is 0 Å². The highest BCUT2D eigenvalue weighted by Crippen LogP contribution is 2.17. The molecule has 0 radical (unpaired) electrons. The van der Waals surface area contributed by atoms with Crippen molar-refractivity contribution in [2.24, 2.45) is 0 Å². The number of benzene rings is 1. The van der Waals surface area contributed by atoms with E-state index in [4.69, 9.17) is 9.15 Å². The van der Waals surface area contributed by atoms with Crippen LogP contribution in [-0.2, 0) is 17.7 Å². The summed E-state index contributed by atoms with van der Waals surface area (Å²) in [5.41, 5.74) is 1.14. The average Bonchev–Trinajstić information content (AvgIpc) is 2.92. The molecule has 0 unspecified atom stereocenters. The Morgan fingerprint density at radius 2 is 1.65 bits per heavy atom. The number of rotatable bonds is 5. The molecule has 1 heterocycles. The molecule has 2 rings (SSSR count). The van der Waals surface area contributed by atoms with Crippen LogP contribution in [0.5, 0.6) is 0 Å². The fraction of sp³-hybridized carbons (Fsp3) is 0.389. The Labute approximate surface area is 137 Å². The molecule has 23 heavy (non-hydrogen) atoms. The molecule has 0 atom stereocenters. The molecule has 0 fully saturated rings. The number of nitrogens with one attached hydrogen (secondary N) is 2. The molecule has 0 aliphatic rings. The Bertz CT molecular complexity index is 639. The van der Waals surface area contributed by atoms with Gasteiger partial charge in [0.15, 0.2) is 0 Å². The van der Waals surface area contributed by atoms with E-state index < -0.39 is 11.7 Å². The molecule has 2 N–H and O–H groups in total. The first-order valence-corrected chi connectivity index (χ1v) is 7.77. The Morgan fingerprint density at radius 1 is 1.04 bits per heavy atom. The Hall–Kier alpha value is -2.43. The second kappa shape index (κ2) is 7.22. The van der Waals surface area contributed by atoms with E-state index in [2.05, 4.69) is 17.6 Å². The molecule has 0 aliphatic heterocycles. The van der Waals surface area contributed by atoms with Gasteiger partial charge in [-0.15, -0.1) is 0 Å². The van der Waals surface area contributed by atoms with Gasteiger partial charge in [0.1, 0.15) is 17.1 Å². The fourth-order valence-corrected chi connectivity index (χ4v) is 1.99. The molecule has 5 nitrogen and oxygen atoms in total. The molecule has 124 valence electrons. The number of carbonyl (C=O) groups excluding carboxylic acids is 1. The normalized spacial score (nSPS) is 11.1. The maximum atomic E-state index is 11.7. The van der Waals surface area contributed by atoms with E-state index in [1.54, 1.807) is 0 Å². The smallest absolute Gasteiger partial charge is 0.412 e. The molecule has 2 aromatic rings. The summed E-state index contributed by atoms with van der Waals surface area (Å²) >= 11 is 0. The Kier molecular flexibility index (Phi) is 5.32. The van der Waals surface area contributed by atoms with Crippen molar-refractivity contribution in [3.8, 4) is 0 Å². The van der Waals surface area contributed by atoms with Crippen molar-refractivity contribution < 1.29 is 13.9 Å². The van der Waals surface area contributed by atoms with E-state index in [0.717, 1.165) is 23.6 Å². The van der Waals surface area contributed by atoms with Crippen molar-refractivity contribution in [3.05, 3.63) is 47.9 Å². The molecule has 0 bridgehead atoms. The van der Waals surface area contributed by atoms with Gasteiger partial charge in [0.2, 0.25) is 0 Å². The number of hydrogen-bond donors (Lipinski definition) is 2. The largest absolute Gasteiger partial charge is 0.464 e. The monoisotopic (exact) mass is 316 g/mol. The minimum absolute atomic E-state index is 0.458. The first-order valence-electron chi connectivity index (χ1n) is 7.77. The number of carbonyl (C=O) groups is 1. The van der Waals surface area contributed by atoms with E-state index >= 15 is 0 Å². The number of hydrogen-bond acceptors (Lipinski definition) is 4.